The third kappa shape index (κ3) is 1.92. The van der Waals surface area contributed by atoms with Crippen molar-refractivity contribution in [1.29, 1.82) is 0 Å². The van der Waals surface area contributed by atoms with Gasteiger partial charge in [-0.3, -0.25) is 9.48 Å². The summed E-state index contributed by atoms with van der Waals surface area (Å²) >= 11 is 0. The molecule has 5 nitrogen and oxygen atoms in total. The van der Waals surface area contributed by atoms with Gasteiger partial charge in [-0.1, -0.05) is 0 Å². The van der Waals surface area contributed by atoms with Gasteiger partial charge in [-0.15, -0.1) is 0 Å². The number of aromatic nitrogens is 2. The number of hydrogen-bond acceptors (Lipinski definition) is 3. The van der Waals surface area contributed by atoms with Gasteiger partial charge in [-0.25, -0.2) is 0 Å². The zero-order chi connectivity index (χ0) is 12.7. The number of carbonyl (C=O) groups excluding carboxylic acids is 1. The summed E-state index contributed by atoms with van der Waals surface area (Å²) in [5.74, 6) is 0.995. The highest BCUT2D eigenvalue weighted by Gasteiger charge is 2.22. The highest BCUT2D eigenvalue weighted by Crippen LogP contribution is 2.30. The molecule has 5 heteroatoms. The van der Waals surface area contributed by atoms with Crippen molar-refractivity contribution in [3.05, 3.63) is 23.9 Å². The van der Waals surface area contributed by atoms with Crippen LogP contribution in [0, 0.1) is 5.92 Å². The van der Waals surface area contributed by atoms with Crippen LogP contribution in [0.15, 0.2) is 18.2 Å². The van der Waals surface area contributed by atoms with Crippen LogP contribution in [0.1, 0.15) is 23.3 Å². The molecule has 0 atom stereocenters. The van der Waals surface area contributed by atoms with Crippen molar-refractivity contribution in [2.75, 3.05) is 6.61 Å². The topological polar surface area (TPSA) is 70.1 Å². The van der Waals surface area contributed by atoms with Gasteiger partial charge in [-0.2, -0.15) is 5.10 Å². The van der Waals surface area contributed by atoms with Crippen molar-refractivity contribution in [2.45, 2.75) is 12.8 Å². The summed E-state index contributed by atoms with van der Waals surface area (Å²) in [6, 6.07) is 5.57. The molecule has 0 radical (unpaired) electrons. The first-order chi connectivity index (χ1) is 8.65. The molecule has 1 amide bonds. The Balaban J connectivity index is 1.97. The van der Waals surface area contributed by atoms with Gasteiger partial charge >= 0.3 is 0 Å². The number of nitrogens with zero attached hydrogens (tertiary/aromatic N) is 2. The van der Waals surface area contributed by atoms with Crippen molar-refractivity contribution in [3.63, 3.8) is 0 Å². The monoisotopic (exact) mass is 245 g/mol. The fourth-order valence-electron chi connectivity index (χ4n) is 2.06. The lowest BCUT2D eigenvalue weighted by Crippen LogP contribution is -2.15. The van der Waals surface area contributed by atoms with E-state index in [9.17, 15) is 4.79 Å². The minimum atomic E-state index is -0.473. The summed E-state index contributed by atoms with van der Waals surface area (Å²) in [6.07, 6.45) is 2.50. The number of primary amides is 1. The average Bonchev–Trinajstić information content (AvgIpc) is 3.07. The number of benzene rings is 1. The first kappa shape index (κ1) is 11.1. The zero-order valence-corrected chi connectivity index (χ0v) is 10.2. The normalized spacial score (nSPS) is 14.9. The maximum absolute atomic E-state index is 11.4. The minimum absolute atomic E-state index is 0.418. The lowest BCUT2D eigenvalue weighted by atomic mass is 10.2. The highest BCUT2D eigenvalue weighted by atomic mass is 16.5. The number of hydrogen-bond donors (Lipinski definition) is 1. The zero-order valence-electron chi connectivity index (χ0n) is 10.2. The lowest BCUT2D eigenvalue weighted by Gasteiger charge is -2.04. The second kappa shape index (κ2) is 4.01. The fourth-order valence-corrected chi connectivity index (χ4v) is 2.06. The standard InChI is InChI=1S/C13H15N3O2/c1-16-12(13(14)17)10-6-9(4-5-11(10)15-16)18-7-8-2-3-8/h4-6,8H,2-3,7H2,1H3,(H2,14,17). The van der Waals surface area contributed by atoms with E-state index in [1.54, 1.807) is 7.05 Å². The van der Waals surface area contributed by atoms with Gasteiger partial charge in [0.25, 0.3) is 5.91 Å². The second-order valence-corrected chi connectivity index (χ2v) is 4.77. The summed E-state index contributed by atoms with van der Waals surface area (Å²) < 4.78 is 7.20. The maximum atomic E-state index is 11.4. The molecule has 1 heterocycles. The molecule has 3 rings (SSSR count). The molecule has 0 unspecified atom stereocenters. The Morgan fingerprint density at radius 3 is 3.00 bits per heavy atom. The van der Waals surface area contributed by atoms with Crippen LogP contribution in [0.25, 0.3) is 10.9 Å². The molecule has 2 aromatic rings. The Morgan fingerprint density at radius 2 is 2.33 bits per heavy atom. The van der Waals surface area contributed by atoms with Crippen molar-refractivity contribution >= 4 is 16.8 Å². The van der Waals surface area contributed by atoms with Gasteiger partial charge < -0.3 is 10.5 Å². The van der Waals surface area contributed by atoms with E-state index in [-0.39, 0.29) is 0 Å². The first-order valence-corrected chi connectivity index (χ1v) is 6.04. The molecular weight excluding hydrogens is 230 g/mol. The van der Waals surface area contributed by atoms with Crippen LogP contribution < -0.4 is 10.5 Å². The van der Waals surface area contributed by atoms with Crippen LogP contribution in [0.2, 0.25) is 0 Å². The van der Waals surface area contributed by atoms with Crippen molar-refractivity contribution in [1.82, 2.24) is 9.78 Å². The minimum Gasteiger partial charge on any atom is -0.493 e. The Morgan fingerprint density at radius 1 is 1.56 bits per heavy atom. The summed E-state index contributed by atoms with van der Waals surface area (Å²) in [7, 11) is 1.71. The van der Waals surface area contributed by atoms with Crippen LogP contribution in [0.3, 0.4) is 0 Å². The van der Waals surface area contributed by atoms with Crippen molar-refractivity contribution < 1.29 is 9.53 Å². The second-order valence-electron chi connectivity index (χ2n) is 4.77. The molecule has 1 fully saturated rings. The fraction of sp³-hybridized carbons (Fsp3) is 0.385. The van der Waals surface area contributed by atoms with E-state index in [1.807, 2.05) is 18.2 Å². The number of carbonyl (C=O) groups is 1. The molecule has 2 N–H and O–H groups in total. The van der Waals surface area contributed by atoms with Crippen molar-refractivity contribution in [3.8, 4) is 5.75 Å². The number of fused-ring (bicyclic) bond motifs is 1. The maximum Gasteiger partial charge on any atom is 0.267 e. The van der Waals surface area contributed by atoms with Gasteiger partial charge in [0.05, 0.1) is 12.1 Å². The third-order valence-corrected chi connectivity index (χ3v) is 3.22. The summed E-state index contributed by atoms with van der Waals surface area (Å²) in [5.41, 5.74) is 6.54. The number of ether oxygens (including phenoxy) is 1. The number of aryl methyl sites for hydroxylation is 1. The van der Waals surface area contributed by atoms with Crippen LogP contribution in [-0.4, -0.2) is 22.3 Å². The van der Waals surface area contributed by atoms with Crippen LogP contribution in [0.4, 0.5) is 0 Å². The quantitative estimate of drug-likeness (QED) is 0.886. The van der Waals surface area contributed by atoms with Gasteiger partial charge in [-0.05, 0) is 37.0 Å². The van der Waals surface area contributed by atoms with E-state index < -0.39 is 5.91 Å². The predicted octanol–water partition coefficient (Wildman–Crippen LogP) is 1.46. The van der Waals surface area contributed by atoms with E-state index in [4.69, 9.17) is 10.5 Å². The van der Waals surface area contributed by atoms with E-state index >= 15 is 0 Å². The Bertz CT molecular complexity index is 614. The molecule has 0 spiro atoms. The SMILES string of the molecule is Cn1nc2ccc(OCC3CC3)cc2c1C(N)=O. The molecule has 1 saturated carbocycles. The Hall–Kier alpha value is -2.04. The number of amides is 1. The third-order valence-electron chi connectivity index (χ3n) is 3.22. The molecule has 1 aromatic carbocycles. The molecule has 18 heavy (non-hydrogen) atoms. The van der Waals surface area contributed by atoms with E-state index in [0.717, 1.165) is 23.3 Å². The van der Waals surface area contributed by atoms with Crippen LogP contribution >= 0.6 is 0 Å². The molecule has 1 aromatic heterocycles. The van der Waals surface area contributed by atoms with Gasteiger partial charge in [0.15, 0.2) is 0 Å². The Kier molecular flexibility index (Phi) is 2.47. The van der Waals surface area contributed by atoms with Crippen LogP contribution in [0.5, 0.6) is 5.75 Å². The van der Waals surface area contributed by atoms with Gasteiger partial charge in [0.1, 0.15) is 11.4 Å². The van der Waals surface area contributed by atoms with Gasteiger partial charge in [0.2, 0.25) is 0 Å². The Labute approximate surface area is 105 Å². The molecule has 1 aliphatic rings. The first-order valence-electron chi connectivity index (χ1n) is 6.04. The summed E-state index contributed by atoms with van der Waals surface area (Å²) in [5, 5.41) is 4.99. The average molecular weight is 245 g/mol. The van der Waals surface area contributed by atoms with Gasteiger partial charge in [0, 0.05) is 12.4 Å². The largest absolute Gasteiger partial charge is 0.493 e. The van der Waals surface area contributed by atoms with E-state index in [0.29, 0.717) is 11.6 Å². The summed E-state index contributed by atoms with van der Waals surface area (Å²) in [6.45, 7) is 0.748. The molecule has 0 aliphatic heterocycles. The van der Waals surface area contributed by atoms with Crippen LogP contribution in [-0.2, 0) is 7.05 Å². The highest BCUT2D eigenvalue weighted by molar-refractivity contribution is 6.04. The molecular formula is C13H15N3O2. The molecule has 94 valence electrons. The molecule has 1 aliphatic carbocycles. The summed E-state index contributed by atoms with van der Waals surface area (Å²) in [4.78, 5) is 11.4. The number of nitrogens with two attached hydrogens (primary N) is 1. The molecule has 0 bridgehead atoms. The lowest BCUT2D eigenvalue weighted by molar-refractivity contribution is 0.0993. The molecule has 0 saturated heterocycles. The number of rotatable bonds is 4. The predicted molar refractivity (Wildman–Crippen MR) is 67.5 cm³/mol. The van der Waals surface area contributed by atoms with E-state index in [2.05, 4.69) is 5.10 Å². The van der Waals surface area contributed by atoms with Crippen molar-refractivity contribution in [2.24, 2.45) is 18.7 Å². The smallest absolute Gasteiger partial charge is 0.267 e. The van der Waals surface area contributed by atoms with E-state index in [1.165, 1.54) is 17.5 Å².